The fourth-order valence-electron chi connectivity index (χ4n) is 2.20. The molecule has 1 radical (unpaired) electrons. The lowest BCUT2D eigenvalue weighted by molar-refractivity contribution is 0.0697. The molecule has 0 aromatic heterocycles. The first-order chi connectivity index (χ1) is 7.77. The van der Waals surface area contributed by atoms with Gasteiger partial charge in [0.05, 0.1) is 5.56 Å². The van der Waals surface area contributed by atoms with E-state index in [1.807, 2.05) is 12.1 Å². The van der Waals surface area contributed by atoms with Gasteiger partial charge in [-0.1, -0.05) is 31.4 Å². The second-order valence-corrected chi connectivity index (χ2v) is 4.24. The minimum absolute atomic E-state index is 0.244. The van der Waals surface area contributed by atoms with Gasteiger partial charge >= 0.3 is 5.97 Å². The van der Waals surface area contributed by atoms with Crippen molar-refractivity contribution in [2.75, 3.05) is 5.32 Å². The number of carbonyl (C=O) groups is 1. The summed E-state index contributed by atoms with van der Waals surface area (Å²) >= 11 is 0. The van der Waals surface area contributed by atoms with Crippen LogP contribution in [-0.4, -0.2) is 17.1 Å². The van der Waals surface area contributed by atoms with Crippen molar-refractivity contribution in [3.05, 3.63) is 29.8 Å². The minimum Gasteiger partial charge on any atom is -0.478 e. The summed E-state index contributed by atoms with van der Waals surface area (Å²) in [6.07, 6.45) is 6.03. The van der Waals surface area contributed by atoms with Crippen molar-refractivity contribution in [1.82, 2.24) is 0 Å². The number of anilines is 1. The van der Waals surface area contributed by atoms with Crippen LogP contribution < -0.4 is 5.32 Å². The molecule has 1 aromatic rings. The summed E-state index contributed by atoms with van der Waals surface area (Å²) in [6, 6.07) is 8.45. The molecule has 1 aliphatic rings. The van der Waals surface area contributed by atoms with Crippen molar-refractivity contribution < 1.29 is 9.90 Å². The van der Waals surface area contributed by atoms with Gasteiger partial charge < -0.3 is 10.4 Å². The molecule has 0 bridgehead atoms. The molecule has 0 spiro atoms. The summed E-state index contributed by atoms with van der Waals surface area (Å²) < 4.78 is 0. The van der Waals surface area contributed by atoms with E-state index in [2.05, 4.69) is 11.4 Å². The Morgan fingerprint density at radius 2 is 2.12 bits per heavy atom. The number of rotatable bonds is 3. The summed E-state index contributed by atoms with van der Waals surface area (Å²) in [4.78, 5) is 11.0. The Balaban J connectivity index is 2.10. The highest BCUT2D eigenvalue weighted by Crippen LogP contribution is 2.23. The van der Waals surface area contributed by atoms with E-state index in [4.69, 9.17) is 5.11 Å². The number of carboxylic acid groups (broad SMARTS) is 1. The van der Waals surface area contributed by atoms with Gasteiger partial charge in [0.2, 0.25) is 0 Å². The van der Waals surface area contributed by atoms with E-state index in [1.54, 1.807) is 6.07 Å². The van der Waals surface area contributed by atoms with Crippen LogP contribution in [0.5, 0.6) is 0 Å². The van der Waals surface area contributed by atoms with Crippen molar-refractivity contribution in [2.45, 2.75) is 38.1 Å². The van der Waals surface area contributed by atoms with Crippen LogP contribution in [0.25, 0.3) is 0 Å². The van der Waals surface area contributed by atoms with Crippen molar-refractivity contribution in [1.29, 1.82) is 0 Å². The third kappa shape index (κ3) is 2.54. The van der Waals surface area contributed by atoms with Crippen LogP contribution >= 0.6 is 0 Å². The van der Waals surface area contributed by atoms with Crippen molar-refractivity contribution in [2.24, 2.45) is 0 Å². The topological polar surface area (TPSA) is 49.3 Å². The Hall–Kier alpha value is -1.51. The fourth-order valence-corrected chi connectivity index (χ4v) is 2.20. The molecule has 2 N–H and O–H groups in total. The lowest BCUT2D eigenvalue weighted by Gasteiger charge is -2.24. The van der Waals surface area contributed by atoms with Gasteiger partial charge in [0, 0.05) is 11.7 Å². The highest BCUT2D eigenvalue weighted by molar-refractivity contribution is 5.93. The van der Waals surface area contributed by atoms with Crippen LogP contribution in [-0.2, 0) is 0 Å². The van der Waals surface area contributed by atoms with Gasteiger partial charge in [-0.15, -0.1) is 0 Å². The first-order valence-corrected chi connectivity index (χ1v) is 5.78. The second-order valence-electron chi connectivity index (χ2n) is 4.24. The molecule has 16 heavy (non-hydrogen) atoms. The molecule has 0 saturated heterocycles. The molecule has 1 fully saturated rings. The lowest BCUT2D eigenvalue weighted by atomic mass is 9.95. The van der Waals surface area contributed by atoms with Crippen LogP contribution in [0.15, 0.2) is 18.2 Å². The smallest absolute Gasteiger partial charge is 0.338 e. The molecule has 1 aliphatic carbocycles. The van der Waals surface area contributed by atoms with E-state index in [0.29, 0.717) is 11.7 Å². The Bertz CT molecular complexity index is 370. The zero-order valence-corrected chi connectivity index (χ0v) is 9.20. The standard InChI is InChI=1S/C13H16NO2/c15-13(16)11-8-4-5-9-12(11)14-10-6-2-1-3-7-10/h4-5,9-10,14H,1-3,6-7H2,(H,15,16). The summed E-state index contributed by atoms with van der Waals surface area (Å²) in [5.41, 5.74) is 0.940. The van der Waals surface area contributed by atoms with Crippen LogP contribution in [0.4, 0.5) is 5.69 Å². The lowest BCUT2D eigenvalue weighted by Crippen LogP contribution is -2.23. The van der Waals surface area contributed by atoms with Crippen molar-refractivity contribution in [3.8, 4) is 0 Å². The van der Waals surface area contributed by atoms with Crippen LogP contribution in [0, 0.1) is 6.07 Å². The number of benzene rings is 1. The van der Waals surface area contributed by atoms with Gasteiger partial charge in [-0.3, -0.25) is 0 Å². The fraction of sp³-hybridized carbons (Fsp3) is 0.462. The predicted octanol–water partition coefficient (Wildman–Crippen LogP) is 2.93. The molecule has 3 nitrogen and oxygen atoms in total. The molecule has 1 aromatic carbocycles. The number of carboxylic acids is 1. The highest BCUT2D eigenvalue weighted by atomic mass is 16.4. The molecule has 0 atom stereocenters. The van der Waals surface area contributed by atoms with E-state index in [1.165, 1.54) is 19.3 Å². The van der Waals surface area contributed by atoms with Gasteiger partial charge in [-0.25, -0.2) is 4.79 Å². The molecule has 0 heterocycles. The number of hydrogen-bond acceptors (Lipinski definition) is 2. The Morgan fingerprint density at radius 3 is 2.81 bits per heavy atom. The summed E-state index contributed by atoms with van der Waals surface area (Å²) in [7, 11) is 0. The molecule has 3 heteroatoms. The van der Waals surface area contributed by atoms with Crippen molar-refractivity contribution >= 4 is 11.7 Å². The SMILES string of the molecule is O=C(O)c1[c]cccc1NC1CCCCC1. The van der Waals surface area contributed by atoms with E-state index in [9.17, 15) is 4.79 Å². The van der Waals surface area contributed by atoms with Crippen LogP contribution in [0.1, 0.15) is 42.5 Å². The minimum atomic E-state index is -0.918. The number of nitrogens with one attached hydrogen (secondary N) is 1. The molecule has 1 saturated carbocycles. The first kappa shape index (κ1) is 11.0. The number of hydrogen-bond donors (Lipinski definition) is 2. The maximum absolute atomic E-state index is 11.0. The van der Waals surface area contributed by atoms with Gasteiger partial charge in [0.25, 0.3) is 0 Å². The third-order valence-corrected chi connectivity index (χ3v) is 3.03. The molecule has 85 valence electrons. The normalized spacial score (nSPS) is 17.0. The summed E-state index contributed by atoms with van der Waals surface area (Å²) in [6.45, 7) is 0. The van der Waals surface area contributed by atoms with Gasteiger partial charge in [0.1, 0.15) is 0 Å². The van der Waals surface area contributed by atoms with Crippen LogP contribution in [0.3, 0.4) is 0 Å². The van der Waals surface area contributed by atoms with E-state index in [-0.39, 0.29) is 5.56 Å². The molecule has 0 aliphatic heterocycles. The van der Waals surface area contributed by atoms with Gasteiger partial charge in [-0.2, -0.15) is 0 Å². The highest BCUT2D eigenvalue weighted by Gasteiger charge is 2.16. The maximum atomic E-state index is 11.0. The third-order valence-electron chi connectivity index (χ3n) is 3.03. The zero-order chi connectivity index (χ0) is 11.4. The summed E-state index contributed by atoms with van der Waals surface area (Å²) in [5.74, 6) is -0.918. The van der Waals surface area contributed by atoms with Crippen molar-refractivity contribution in [3.63, 3.8) is 0 Å². The van der Waals surface area contributed by atoms with E-state index >= 15 is 0 Å². The second kappa shape index (κ2) is 5.01. The van der Waals surface area contributed by atoms with Crippen LogP contribution in [0.2, 0.25) is 0 Å². The Kier molecular flexibility index (Phi) is 3.44. The average molecular weight is 218 g/mol. The Morgan fingerprint density at radius 1 is 1.38 bits per heavy atom. The molecule has 0 amide bonds. The summed E-state index contributed by atoms with van der Waals surface area (Å²) in [5, 5.41) is 12.3. The number of aromatic carboxylic acids is 1. The zero-order valence-electron chi connectivity index (χ0n) is 9.20. The van der Waals surface area contributed by atoms with E-state index in [0.717, 1.165) is 12.8 Å². The predicted molar refractivity (Wildman–Crippen MR) is 62.7 cm³/mol. The molecular weight excluding hydrogens is 202 g/mol. The quantitative estimate of drug-likeness (QED) is 0.820. The first-order valence-electron chi connectivity index (χ1n) is 5.78. The monoisotopic (exact) mass is 218 g/mol. The maximum Gasteiger partial charge on any atom is 0.338 e. The Labute approximate surface area is 95.5 Å². The largest absolute Gasteiger partial charge is 0.478 e. The molecular formula is C13H16NO2. The molecule has 2 rings (SSSR count). The molecule has 0 unspecified atom stereocenters. The van der Waals surface area contributed by atoms with E-state index < -0.39 is 5.97 Å². The van der Waals surface area contributed by atoms with Gasteiger partial charge in [-0.05, 0) is 25.0 Å². The average Bonchev–Trinajstić information content (AvgIpc) is 2.31. The van der Waals surface area contributed by atoms with Gasteiger partial charge in [0.15, 0.2) is 0 Å².